The first-order chi connectivity index (χ1) is 9.17. The molecule has 2 aromatic heterocycles. The van der Waals surface area contributed by atoms with E-state index in [0.29, 0.717) is 37.1 Å². The Kier molecular flexibility index (Phi) is 3.86. The van der Waals surface area contributed by atoms with Crippen molar-refractivity contribution in [1.82, 2.24) is 19.5 Å². The van der Waals surface area contributed by atoms with Crippen molar-refractivity contribution in [3.63, 3.8) is 0 Å². The van der Waals surface area contributed by atoms with Crippen LogP contribution in [0.4, 0.5) is 0 Å². The molecule has 100 valence electrons. The summed E-state index contributed by atoms with van der Waals surface area (Å²) in [6.45, 7) is 2.57. The van der Waals surface area contributed by atoms with Gasteiger partial charge in [0.2, 0.25) is 6.41 Å². The predicted octanol–water partition coefficient (Wildman–Crippen LogP) is -0.0149. The van der Waals surface area contributed by atoms with Crippen molar-refractivity contribution in [3.05, 3.63) is 29.7 Å². The van der Waals surface area contributed by atoms with Crippen LogP contribution in [-0.4, -0.2) is 44.9 Å². The van der Waals surface area contributed by atoms with Crippen LogP contribution in [0.15, 0.2) is 18.3 Å². The standard InChI is InChI=1S/C12H15N5O2/c1-9-14-15-11-7-10(3-6-17(9)11)12(19)16(8-18)5-2-4-13/h3,6-8H,2,4-5,13H2,1H3. The monoisotopic (exact) mass is 261 g/mol. The fourth-order valence-electron chi connectivity index (χ4n) is 1.77. The molecule has 2 heterocycles. The Morgan fingerprint density at radius 1 is 1.53 bits per heavy atom. The van der Waals surface area contributed by atoms with Gasteiger partial charge in [0.05, 0.1) is 0 Å². The summed E-state index contributed by atoms with van der Waals surface area (Å²) in [5, 5.41) is 7.86. The minimum atomic E-state index is -0.355. The maximum Gasteiger partial charge on any atom is 0.260 e. The lowest BCUT2D eigenvalue weighted by atomic mass is 10.2. The third-order valence-corrected chi connectivity index (χ3v) is 2.82. The first-order valence-electron chi connectivity index (χ1n) is 5.95. The molecule has 0 bridgehead atoms. The number of pyridine rings is 1. The second-order valence-corrected chi connectivity index (χ2v) is 4.14. The lowest BCUT2D eigenvalue weighted by Crippen LogP contribution is -2.31. The van der Waals surface area contributed by atoms with E-state index in [-0.39, 0.29) is 5.91 Å². The van der Waals surface area contributed by atoms with Crippen molar-refractivity contribution in [3.8, 4) is 0 Å². The second-order valence-electron chi connectivity index (χ2n) is 4.14. The number of fused-ring (bicyclic) bond motifs is 1. The number of amides is 2. The van der Waals surface area contributed by atoms with E-state index in [2.05, 4.69) is 10.2 Å². The summed E-state index contributed by atoms with van der Waals surface area (Å²) in [4.78, 5) is 24.2. The SMILES string of the molecule is Cc1nnc2cc(C(=O)N(C=O)CCCN)ccn12. The number of aromatic nitrogens is 3. The number of hydrogen-bond donors (Lipinski definition) is 1. The van der Waals surface area contributed by atoms with Gasteiger partial charge in [-0.1, -0.05) is 0 Å². The summed E-state index contributed by atoms with van der Waals surface area (Å²) in [6, 6.07) is 3.26. The molecule has 7 nitrogen and oxygen atoms in total. The second kappa shape index (κ2) is 5.57. The zero-order valence-corrected chi connectivity index (χ0v) is 10.6. The molecule has 2 rings (SSSR count). The van der Waals surface area contributed by atoms with Crippen molar-refractivity contribution in [1.29, 1.82) is 0 Å². The van der Waals surface area contributed by atoms with E-state index in [4.69, 9.17) is 5.73 Å². The van der Waals surface area contributed by atoms with Gasteiger partial charge in [0.1, 0.15) is 5.82 Å². The summed E-state index contributed by atoms with van der Waals surface area (Å²) in [6.07, 6.45) is 2.82. The van der Waals surface area contributed by atoms with Gasteiger partial charge in [0, 0.05) is 18.3 Å². The fourth-order valence-corrected chi connectivity index (χ4v) is 1.77. The van der Waals surface area contributed by atoms with Gasteiger partial charge in [-0.25, -0.2) is 0 Å². The number of nitrogens with zero attached hydrogens (tertiary/aromatic N) is 4. The Morgan fingerprint density at radius 3 is 3.00 bits per heavy atom. The smallest absolute Gasteiger partial charge is 0.260 e. The molecule has 2 amide bonds. The molecule has 0 radical (unpaired) electrons. The van der Waals surface area contributed by atoms with Crippen molar-refractivity contribution < 1.29 is 9.59 Å². The number of nitrogens with two attached hydrogens (primary N) is 1. The van der Waals surface area contributed by atoms with Crippen LogP contribution in [0, 0.1) is 6.92 Å². The van der Waals surface area contributed by atoms with Gasteiger partial charge in [-0.15, -0.1) is 10.2 Å². The van der Waals surface area contributed by atoms with Crippen molar-refractivity contribution >= 4 is 18.0 Å². The highest BCUT2D eigenvalue weighted by molar-refractivity contribution is 6.00. The molecular formula is C12H15N5O2. The molecular weight excluding hydrogens is 246 g/mol. The Hall–Kier alpha value is -2.28. The third kappa shape index (κ3) is 2.60. The highest BCUT2D eigenvalue weighted by atomic mass is 16.2. The summed E-state index contributed by atoms with van der Waals surface area (Å²) in [5.74, 6) is 0.385. The molecule has 19 heavy (non-hydrogen) atoms. The van der Waals surface area contributed by atoms with Gasteiger partial charge in [0.15, 0.2) is 5.65 Å². The van der Waals surface area contributed by atoms with Crippen LogP contribution in [0.5, 0.6) is 0 Å². The van der Waals surface area contributed by atoms with E-state index in [1.165, 1.54) is 0 Å². The molecule has 2 N–H and O–H groups in total. The van der Waals surface area contributed by atoms with E-state index in [1.807, 2.05) is 6.92 Å². The van der Waals surface area contributed by atoms with E-state index >= 15 is 0 Å². The van der Waals surface area contributed by atoms with Crippen molar-refractivity contribution in [2.75, 3.05) is 13.1 Å². The first kappa shape index (κ1) is 13.2. The minimum Gasteiger partial charge on any atom is -0.330 e. The molecule has 0 aliphatic heterocycles. The van der Waals surface area contributed by atoms with Gasteiger partial charge in [-0.3, -0.25) is 18.9 Å². The third-order valence-electron chi connectivity index (χ3n) is 2.82. The highest BCUT2D eigenvalue weighted by Crippen LogP contribution is 2.09. The summed E-state index contributed by atoms with van der Waals surface area (Å²) in [5.41, 5.74) is 6.36. The lowest BCUT2D eigenvalue weighted by molar-refractivity contribution is -0.116. The number of imide groups is 1. The van der Waals surface area contributed by atoms with E-state index in [1.54, 1.807) is 22.7 Å². The van der Waals surface area contributed by atoms with E-state index < -0.39 is 0 Å². The number of rotatable bonds is 5. The Balaban J connectivity index is 2.27. The van der Waals surface area contributed by atoms with E-state index in [9.17, 15) is 9.59 Å². The number of carbonyl (C=O) groups is 2. The van der Waals surface area contributed by atoms with Crippen molar-refractivity contribution in [2.45, 2.75) is 13.3 Å². The van der Waals surface area contributed by atoms with Gasteiger partial charge in [-0.05, 0) is 32.0 Å². The Bertz CT molecular complexity index is 607. The van der Waals surface area contributed by atoms with Gasteiger partial charge in [0.25, 0.3) is 5.91 Å². The molecule has 0 aliphatic carbocycles. The fraction of sp³-hybridized carbons (Fsp3) is 0.333. The summed E-state index contributed by atoms with van der Waals surface area (Å²) in [7, 11) is 0. The molecule has 0 atom stereocenters. The predicted molar refractivity (Wildman–Crippen MR) is 68.5 cm³/mol. The molecule has 0 saturated carbocycles. The first-order valence-corrected chi connectivity index (χ1v) is 5.95. The average molecular weight is 261 g/mol. The molecule has 0 saturated heterocycles. The molecule has 0 fully saturated rings. The van der Waals surface area contributed by atoms with Crippen LogP contribution >= 0.6 is 0 Å². The van der Waals surface area contributed by atoms with E-state index in [0.717, 1.165) is 10.7 Å². The van der Waals surface area contributed by atoms with Crippen molar-refractivity contribution in [2.24, 2.45) is 5.73 Å². The number of carbonyl (C=O) groups excluding carboxylic acids is 2. The molecule has 0 spiro atoms. The molecule has 0 aromatic carbocycles. The van der Waals surface area contributed by atoms with Crippen LogP contribution in [0.1, 0.15) is 22.6 Å². The van der Waals surface area contributed by atoms with Crippen LogP contribution in [0.3, 0.4) is 0 Å². The molecule has 0 aliphatic rings. The number of hydrogen-bond acceptors (Lipinski definition) is 5. The molecule has 0 unspecified atom stereocenters. The normalized spacial score (nSPS) is 10.6. The minimum absolute atomic E-state index is 0.315. The maximum absolute atomic E-state index is 12.1. The van der Waals surface area contributed by atoms with Gasteiger partial charge in [-0.2, -0.15) is 0 Å². The van der Waals surface area contributed by atoms with Crippen LogP contribution in [0.2, 0.25) is 0 Å². The summed E-state index contributed by atoms with van der Waals surface area (Å²) < 4.78 is 1.77. The zero-order valence-electron chi connectivity index (χ0n) is 10.6. The highest BCUT2D eigenvalue weighted by Gasteiger charge is 2.15. The quantitative estimate of drug-likeness (QED) is 0.764. The van der Waals surface area contributed by atoms with Crippen LogP contribution in [0.25, 0.3) is 5.65 Å². The lowest BCUT2D eigenvalue weighted by Gasteiger charge is -2.14. The van der Waals surface area contributed by atoms with Crippen LogP contribution in [-0.2, 0) is 4.79 Å². The Labute approximate surface area is 110 Å². The Morgan fingerprint density at radius 2 is 2.32 bits per heavy atom. The maximum atomic E-state index is 12.1. The topological polar surface area (TPSA) is 93.6 Å². The molecule has 7 heteroatoms. The molecule has 2 aromatic rings. The summed E-state index contributed by atoms with van der Waals surface area (Å²) >= 11 is 0. The van der Waals surface area contributed by atoms with Crippen LogP contribution < -0.4 is 5.73 Å². The average Bonchev–Trinajstić information content (AvgIpc) is 2.80. The van der Waals surface area contributed by atoms with Gasteiger partial charge < -0.3 is 5.73 Å². The zero-order chi connectivity index (χ0) is 13.8. The largest absolute Gasteiger partial charge is 0.330 e. The number of aryl methyl sites for hydroxylation is 1. The van der Waals surface area contributed by atoms with Gasteiger partial charge >= 0.3 is 0 Å².